The number of aromatic nitrogens is 3. The summed E-state index contributed by atoms with van der Waals surface area (Å²) in [6.07, 6.45) is 1.73. The molecule has 0 bridgehead atoms. The summed E-state index contributed by atoms with van der Waals surface area (Å²) in [5.74, 6) is 1.09. The fourth-order valence-electron chi connectivity index (χ4n) is 1.44. The number of hydrogen-bond donors (Lipinski definition) is 1. The van der Waals surface area contributed by atoms with Crippen LogP contribution in [0.5, 0.6) is 0 Å². The van der Waals surface area contributed by atoms with Crippen LogP contribution in [0.4, 0.5) is 0 Å². The third-order valence-corrected chi connectivity index (χ3v) is 2.91. The van der Waals surface area contributed by atoms with Crippen molar-refractivity contribution < 1.29 is 0 Å². The fourth-order valence-corrected chi connectivity index (χ4v) is 1.56. The summed E-state index contributed by atoms with van der Waals surface area (Å²) in [6, 6.07) is 5.51. The van der Waals surface area contributed by atoms with Gasteiger partial charge in [0.25, 0.3) is 0 Å². The second-order valence-corrected chi connectivity index (χ2v) is 4.05. The van der Waals surface area contributed by atoms with E-state index in [0.717, 1.165) is 5.75 Å². The number of pyridine rings is 1. The van der Waals surface area contributed by atoms with Gasteiger partial charge in [-0.1, -0.05) is 13.0 Å². The first-order valence-corrected chi connectivity index (χ1v) is 5.50. The van der Waals surface area contributed by atoms with Crippen molar-refractivity contribution in [3.63, 3.8) is 0 Å². The molecule has 5 heteroatoms. The van der Waals surface area contributed by atoms with Crippen LogP contribution in [0.25, 0.3) is 5.65 Å². The summed E-state index contributed by atoms with van der Waals surface area (Å²) < 4.78 is 3.04. The maximum absolute atomic E-state index is 11.8. The molecule has 0 radical (unpaired) electrons. The first-order valence-electron chi connectivity index (χ1n) is 4.87. The zero-order valence-corrected chi connectivity index (χ0v) is 9.39. The zero-order chi connectivity index (χ0) is 10.8. The minimum atomic E-state index is -0.0840. The van der Waals surface area contributed by atoms with E-state index in [1.165, 1.54) is 4.68 Å². The van der Waals surface area contributed by atoms with Crippen LogP contribution in [-0.2, 0) is 6.54 Å². The van der Waals surface area contributed by atoms with Crippen molar-refractivity contribution in [2.75, 3.05) is 5.75 Å². The zero-order valence-electron chi connectivity index (χ0n) is 8.50. The smallest absolute Gasteiger partial charge is 0.250 e. The van der Waals surface area contributed by atoms with Gasteiger partial charge in [-0.15, -0.1) is 5.10 Å². The van der Waals surface area contributed by atoms with E-state index < -0.39 is 0 Å². The Hall–Kier alpha value is -1.23. The van der Waals surface area contributed by atoms with Gasteiger partial charge < -0.3 is 0 Å². The Morgan fingerprint density at radius 3 is 3.00 bits per heavy atom. The average Bonchev–Trinajstić information content (AvgIpc) is 2.57. The molecule has 0 amide bonds. The van der Waals surface area contributed by atoms with Crippen LogP contribution < -0.4 is 5.69 Å². The van der Waals surface area contributed by atoms with E-state index in [1.54, 1.807) is 10.6 Å². The van der Waals surface area contributed by atoms with Crippen molar-refractivity contribution in [3.8, 4) is 0 Å². The molecular weight excluding hydrogens is 210 g/mol. The molecule has 2 heterocycles. The summed E-state index contributed by atoms with van der Waals surface area (Å²) in [6.45, 7) is 2.66. The second-order valence-electron chi connectivity index (χ2n) is 3.68. The number of fused-ring (bicyclic) bond motifs is 1. The Morgan fingerprint density at radius 1 is 1.53 bits per heavy atom. The van der Waals surface area contributed by atoms with Gasteiger partial charge in [0.1, 0.15) is 0 Å². The van der Waals surface area contributed by atoms with Gasteiger partial charge in [-0.2, -0.15) is 12.6 Å². The fraction of sp³-hybridized carbons (Fsp3) is 0.400. The van der Waals surface area contributed by atoms with Crippen molar-refractivity contribution in [1.82, 2.24) is 14.2 Å². The number of rotatable bonds is 3. The lowest BCUT2D eigenvalue weighted by Crippen LogP contribution is -2.24. The van der Waals surface area contributed by atoms with Gasteiger partial charge in [0.15, 0.2) is 5.65 Å². The Bertz CT molecular complexity index is 517. The molecule has 0 aliphatic carbocycles. The molecule has 4 nitrogen and oxygen atoms in total. The molecule has 2 aromatic heterocycles. The lowest BCUT2D eigenvalue weighted by molar-refractivity contribution is 0.478. The Labute approximate surface area is 92.9 Å². The third-order valence-electron chi connectivity index (χ3n) is 2.28. The van der Waals surface area contributed by atoms with Gasteiger partial charge in [-0.25, -0.2) is 9.48 Å². The van der Waals surface area contributed by atoms with E-state index in [1.807, 2.05) is 25.1 Å². The van der Waals surface area contributed by atoms with Crippen LogP contribution in [-0.4, -0.2) is 19.9 Å². The molecule has 2 aromatic rings. The van der Waals surface area contributed by atoms with Crippen LogP contribution in [0.1, 0.15) is 6.92 Å². The lowest BCUT2D eigenvalue weighted by Gasteiger charge is -2.05. The van der Waals surface area contributed by atoms with Gasteiger partial charge in [-0.3, -0.25) is 4.40 Å². The Morgan fingerprint density at radius 2 is 2.33 bits per heavy atom. The average molecular weight is 223 g/mol. The molecular formula is C10H13N3OS. The number of hydrogen-bond acceptors (Lipinski definition) is 3. The van der Waals surface area contributed by atoms with Crippen LogP contribution in [0.2, 0.25) is 0 Å². The second kappa shape index (κ2) is 4.10. The number of thiol groups is 1. The summed E-state index contributed by atoms with van der Waals surface area (Å²) in [4.78, 5) is 11.8. The molecule has 1 atom stereocenters. The van der Waals surface area contributed by atoms with E-state index in [-0.39, 0.29) is 5.69 Å². The SMILES string of the molecule is CC(CS)Cn1nc2ccccn2c1=O. The van der Waals surface area contributed by atoms with E-state index in [0.29, 0.717) is 18.1 Å². The molecule has 2 rings (SSSR count). The highest BCUT2D eigenvalue weighted by atomic mass is 32.1. The van der Waals surface area contributed by atoms with E-state index in [9.17, 15) is 4.79 Å². The quantitative estimate of drug-likeness (QED) is 0.790. The largest absolute Gasteiger partial charge is 0.350 e. The predicted octanol–water partition coefficient (Wildman–Crippen LogP) is 1.06. The van der Waals surface area contributed by atoms with E-state index >= 15 is 0 Å². The topological polar surface area (TPSA) is 39.3 Å². The molecule has 0 aliphatic heterocycles. The van der Waals surface area contributed by atoms with Gasteiger partial charge in [0.2, 0.25) is 0 Å². The van der Waals surface area contributed by atoms with Gasteiger partial charge in [0, 0.05) is 12.7 Å². The standard InChI is InChI=1S/C10H13N3OS/c1-8(7-15)6-13-10(14)12-5-3-2-4-9(12)11-13/h2-5,8,15H,6-7H2,1H3. The molecule has 1 unspecified atom stereocenters. The van der Waals surface area contributed by atoms with Crippen molar-refractivity contribution in [1.29, 1.82) is 0 Å². The highest BCUT2D eigenvalue weighted by Gasteiger charge is 2.08. The molecule has 15 heavy (non-hydrogen) atoms. The molecule has 0 saturated carbocycles. The monoisotopic (exact) mass is 223 g/mol. The first kappa shape index (κ1) is 10.3. The summed E-state index contributed by atoms with van der Waals surface area (Å²) >= 11 is 4.19. The van der Waals surface area contributed by atoms with Crippen molar-refractivity contribution in [3.05, 3.63) is 34.9 Å². The number of nitrogens with zero attached hydrogens (tertiary/aromatic N) is 3. The predicted molar refractivity (Wildman–Crippen MR) is 62.5 cm³/mol. The lowest BCUT2D eigenvalue weighted by atomic mass is 10.2. The third kappa shape index (κ3) is 1.92. The van der Waals surface area contributed by atoms with Crippen LogP contribution in [0.15, 0.2) is 29.2 Å². The van der Waals surface area contributed by atoms with Gasteiger partial charge in [-0.05, 0) is 23.8 Å². The molecule has 80 valence electrons. The first-order chi connectivity index (χ1) is 7.22. The Balaban J connectivity index is 2.45. The van der Waals surface area contributed by atoms with Crippen molar-refractivity contribution >= 4 is 18.3 Å². The molecule has 0 spiro atoms. The van der Waals surface area contributed by atoms with Gasteiger partial charge >= 0.3 is 5.69 Å². The van der Waals surface area contributed by atoms with Crippen LogP contribution in [0, 0.1) is 5.92 Å². The van der Waals surface area contributed by atoms with Crippen molar-refractivity contribution in [2.45, 2.75) is 13.5 Å². The maximum Gasteiger partial charge on any atom is 0.350 e. The normalized spacial score (nSPS) is 13.2. The summed E-state index contributed by atoms with van der Waals surface area (Å²) in [7, 11) is 0. The molecule has 0 aromatic carbocycles. The molecule has 0 aliphatic rings. The molecule has 0 fully saturated rings. The molecule has 0 saturated heterocycles. The highest BCUT2D eigenvalue weighted by Crippen LogP contribution is 2.01. The minimum Gasteiger partial charge on any atom is -0.250 e. The molecule has 0 N–H and O–H groups in total. The van der Waals surface area contributed by atoms with E-state index in [4.69, 9.17) is 0 Å². The van der Waals surface area contributed by atoms with Gasteiger partial charge in [0.05, 0.1) is 0 Å². The maximum atomic E-state index is 11.8. The van der Waals surface area contributed by atoms with Crippen LogP contribution in [0.3, 0.4) is 0 Å². The van der Waals surface area contributed by atoms with Crippen LogP contribution >= 0.6 is 12.6 Å². The summed E-state index contributed by atoms with van der Waals surface area (Å²) in [5, 5.41) is 4.23. The van der Waals surface area contributed by atoms with Crippen molar-refractivity contribution in [2.24, 2.45) is 5.92 Å². The van der Waals surface area contributed by atoms with E-state index in [2.05, 4.69) is 17.7 Å². The minimum absolute atomic E-state index is 0.0840. The summed E-state index contributed by atoms with van der Waals surface area (Å²) in [5.41, 5.74) is 0.605. The Kier molecular flexibility index (Phi) is 2.81. The highest BCUT2D eigenvalue weighted by molar-refractivity contribution is 7.80.